The molecule has 0 spiro atoms. The highest BCUT2D eigenvalue weighted by Crippen LogP contribution is 2.31. The quantitative estimate of drug-likeness (QED) is 0.439. The Bertz CT molecular complexity index is 1060. The summed E-state index contributed by atoms with van der Waals surface area (Å²) in [6.45, 7) is 1.23. The SMILES string of the molecule is CC(=O)N(c1nc(C=CC(=O)c2ccc(F)cc2)cs1)c1ccc(F)cc1F. The molecule has 0 fully saturated rings. The van der Waals surface area contributed by atoms with Crippen LogP contribution < -0.4 is 4.90 Å². The van der Waals surface area contributed by atoms with Crippen LogP contribution in [-0.4, -0.2) is 16.7 Å². The van der Waals surface area contributed by atoms with E-state index in [1.54, 1.807) is 5.38 Å². The van der Waals surface area contributed by atoms with E-state index in [4.69, 9.17) is 0 Å². The van der Waals surface area contributed by atoms with Gasteiger partial charge in [-0.2, -0.15) is 0 Å². The number of benzene rings is 2. The fourth-order valence-corrected chi connectivity index (χ4v) is 3.24. The van der Waals surface area contributed by atoms with E-state index >= 15 is 0 Å². The fourth-order valence-electron chi connectivity index (χ4n) is 2.40. The van der Waals surface area contributed by atoms with Crippen LogP contribution in [0.15, 0.2) is 53.9 Å². The summed E-state index contributed by atoms with van der Waals surface area (Å²) >= 11 is 1.06. The lowest BCUT2D eigenvalue weighted by molar-refractivity contribution is -0.115. The first kappa shape index (κ1) is 19.5. The Balaban J connectivity index is 1.84. The number of hydrogen-bond acceptors (Lipinski definition) is 4. The molecule has 0 saturated carbocycles. The number of rotatable bonds is 5. The Morgan fingerprint density at radius 2 is 1.71 bits per heavy atom. The molecule has 3 aromatic rings. The molecule has 0 saturated heterocycles. The van der Waals surface area contributed by atoms with Gasteiger partial charge in [0.2, 0.25) is 5.91 Å². The number of nitrogens with zero attached hydrogens (tertiary/aromatic N) is 2. The van der Waals surface area contributed by atoms with Crippen molar-refractivity contribution in [2.45, 2.75) is 6.92 Å². The number of hydrogen-bond donors (Lipinski definition) is 0. The molecule has 0 bridgehead atoms. The number of anilines is 2. The maximum atomic E-state index is 14.1. The van der Waals surface area contributed by atoms with Gasteiger partial charge in [0, 0.05) is 23.9 Å². The third-order valence-electron chi connectivity index (χ3n) is 3.70. The van der Waals surface area contributed by atoms with Gasteiger partial charge < -0.3 is 0 Å². The summed E-state index contributed by atoms with van der Waals surface area (Å²) in [4.78, 5) is 29.3. The van der Waals surface area contributed by atoms with Crippen LogP contribution in [0.3, 0.4) is 0 Å². The lowest BCUT2D eigenvalue weighted by Crippen LogP contribution is -2.23. The zero-order valence-electron chi connectivity index (χ0n) is 14.5. The van der Waals surface area contributed by atoms with Crippen molar-refractivity contribution < 1.29 is 22.8 Å². The molecule has 0 unspecified atom stereocenters. The van der Waals surface area contributed by atoms with Crippen molar-refractivity contribution in [1.82, 2.24) is 4.98 Å². The second-order valence-electron chi connectivity index (χ2n) is 5.71. The molecule has 0 radical (unpaired) electrons. The average molecular weight is 402 g/mol. The molecule has 0 aliphatic heterocycles. The molecule has 0 aliphatic rings. The molecule has 8 heteroatoms. The Hall–Kier alpha value is -3.26. The lowest BCUT2D eigenvalue weighted by atomic mass is 10.1. The third-order valence-corrected chi connectivity index (χ3v) is 4.54. The number of halogens is 3. The van der Waals surface area contributed by atoms with Gasteiger partial charge in [-0.1, -0.05) is 0 Å². The Kier molecular flexibility index (Phi) is 5.70. The molecule has 0 atom stereocenters. The first-order valence-corrected chi connectivity index (χ1v) is 8.92. The van der Waals surface area contributed by atoms with Crippen LogP contribution in [0, 0.1) is 17.5 Å². The van der Waals surface area contributed by atoms with Crippen LogP contribution in [0.4, 0.5) is 24.0 Å². The molecule has 0 N–H and O–H groups in total. The molecule has 1 heterocycles. The van der Waals surface area contributed by atoms with Crippen molar-refractivity contribution in [3.05, 3.63) is 82.6 Å². The van der Waals surface area contributed by atoms with Crippen LogP contribution >= 0.6 is 11.3 Å². The van der Waals surface area contributed by atoms with E-state index in [2.05, 4.69) is 4.98 Å². The van der Waals surface area contributed by atoms with Gasteiger partial charge in [-0.05, 0) is 48.6 Å². The van der Waals surface area contributed by atoms with Crippen molar-refractivity contribution in [3.63, 3.8) is 0 Å². The number of allylic oxidation sites excluding steroid dienone is 1. The zero-order valence-corrected chi connectivity index (χ0v) is 15.3. The third kappa shape index (κ3) is 4.34. The fraction of sp³-hybridized carbons (Fsp3) is 0.0500. The normalized spacial score (nSPS) is 11.0. The topological polar surface area (TPSA) is 50.3 Å². The van der Waals surface area contributed by atoms with Crippen LogP contribution in [0.1, 0.15) is 23.0 Å². The van der Waals surface area contributed by atoms with E-state index in [0.29, 0.717) is 17.3 Å². The Morgan fingerprint density at radius 3 is 2.36 bits per heavy atom. The maximum Gasteiger partial charge on any atom is 0.230 e. The standard InChI is InChI=1S/C20H13F3N2O2S/c1-12(26)25(18-8-6-15(22)10-17(18)23)20-24-16(11-28-20)7-9-19(27)13-2-4-14(21)5-3-13/h2-11H,1H3. The summed E-state index contributed by atoms with van der Waals surface area (Å²) in [6.07, 6.45) is 2.70. The van der Waals surface area contributed by atoms with Gasteiger partial charge in [0.25, 0.3) is 0 Å². The number of thiazole rings is 1. The molecular weight excluding hydrogens is 389 g/mol. The highest BCUT2D eigenvalue weighted by atomic mass is 32.1. The van der Waals surface area contributed by atoms with Crippen molar-refractivity contribution in [2.75, 3.05) is 4.90 Å². The number of carbonyl (C=O) groups excluding carboxylic acids is 2. The van der Waals surface area contributed by atoms with Crippen LogP contribution in [0.2, 0.25) is 0 Å². The van der Waals surface area contributed by atoms with Gasteiger partial charge in [-0.15, -0.1) is 11.3 Å². The lowest BCUT2D eigenvalue weighted by Gasteiger charge is -2.18. The second kappa shape index (κ2) is 8.18. The van der Waals surface area contributed by atoms with E-state index in [0.717, 1.165) is 28.4 Å². The van der Waals surface area contributed by atoms with Crippen molar-refractivity contribution >= 4 is 39.9 Å². The largest absolute Gasteiger partial charge is 0.289 e. The minimum atomic E-state index is -0.894. The van der Waals surface area contributed by atoms with Gasteiger partial charge in [0.1, 0.15) is 17.5 Å². The van der Waals surface area contributed by atoms with Crippen LogP contribution in [0.25, 0.3) is 6.08 Å². The smallest absolute Gasteiger partial charge is 0.230 e. The van der Waals surface area contributed by atoms with E-state index < -0.39 is 23.4 Å². The first-order valence-electron chi connectivity index (χ1n) is 8.04. The maximum absolute atomic E-state index is 14.1. The number of aromatic nitrogens is 1. The van der Waals surface area contributed by atoms with Crippen molar-refractivity contribution in [2.24, 2.45) is 0 Å². The van der Waals surface area contributed by atoms with Gasteiger partial charge in [-0.3, -0.25) is 14.5 Å². The zero-order chi connectivity index (χ0) is 20.3. The van der Waals surface area contributed by atoms with Crippen LogP contribution in [-0.2, 0) is 4.79 Å². The summed E-state index contributed by atoms with van der Waals surface area (Å²) in [7, 11) is 0. The van der Waals surface area contributed by atoms with E-state index in [9.17, 15) is 22.8 Å². The van der Waals surface area contributed by atoms with Gasteiger partial charge in [0.05, 0.1) is 11.4 Å². The minimum Gasteiger partial charge on any atom is -0.289 e. The molecule has 142 valence electrons. The van der Waals surface area contributed by atoms with E-state index in [-0.39, 0.29) is 16.6 Å². The monoisotopic (exact) mass is 402 g/mol. The molecule has 28 heavy (non-hydrogen) atoms. The molecule has 2 aromatic carbocycles. The number of ketones is 1. The summed E-state index contributed by atoms with van der Waals surface area (Å²) < 4.78 is 40.1. The van der Waals surface area contributed by atoms with Crippen molar-refractivity contribution in [1.29, 1.82) is 0 Å². The molecular formula is C20H13F3N2O2S. The molecule has 1 aromatic heterocycles. The average Bonchev–Trinajstić information content (AvgIpc) is 3.10. The molecule has 4 nitrogen and oxygen atoms in total. The highest BCUT2D eigenvalue weighted by molar-refractivity contribution is 7.14. The predicted octanol–water partition coefficient (Wildman–Crippen LogP) is 5.14. The summed E-state index contributed by atoms with van der Waals surface area (Å²) in [5, 5.41) is 1.76. The number of carbonyl (C=O) groups is 2. The molecule has 1 amide bonds. The van der Waals surface area contributed by atoms with Gasteiger partial charge >= 0.3 is 0 Å². The summed E-state index contributed by atoms with van der Waals surface area (Å²) in [5.41, 5.74) is 0.567. The predicted molar refractivity (Wildman–Crippen MR) is 101 cm³/mol. The van der Waals surface area contributed by atoms with Gasteiger partial charge in [-0.25, -0.2) is 18.2 Å². The minimum absolute atomic E-state index is 0.124. The molecule has 3 rings (SSSR count). The Labute approximate surface area is 162 Å². The van der Waals surface area contributed by atoms with E-state index in [1.165, 1.54) is 43.3 Å². The van der Waals surface area contributed by atoms with E-state index in [1.807, 2.05) is 0 Å². The van der Waals surface area contributed by atoms with Crippen molar-refractivity contribution in [3.8, 4) is 0 Å². The molecule has 0 aliphatic carbocycles. The van der Waals surface area contributed by atoms with Crippen LogP contribution in [0.5, 0.6) is 0 Å². The second-order valence-corrected chi connectivity index (χ2v) is 6.55. The number of amides is 1. The summed E-state index contributed by atoms with van der Waals surface area (Å²) in [5.74, 6) is -2.94. The Morgan fingerprint density at radius 1 is 1.04 bits per heavy atom. The highest BCUT2D eigenvalue weighted by Gasteiger charge is 2.21. The summed E-state index contributed by atoms with van der Waals surface area (Å²) in [6, 6.07) is 7.98. The van der Waals surface area contributed by atoms with Gasteiger partial charge in [0.15, 0.2) is 10.9 Å². The first-order chi connectivity index (χ1) is 13.3.